The molecule has 8 nitrogen and oxygen atoms in total. The van der Waals surface area contributed by atoms with Crippen molar-refractivity contribution >= 4 is 64.6 Å². The standard InChI is InChI=1S/C42H35NO7S4/c1-47-27-18-8-12-22-31(27)51-37-35(41(44)43-26-16-6-5-7-17-26)36(42(45)46)38(52-32-23-13-9-19-28(32)48-2)40(54-34-25-15-11-21-30(34)50-4)39(37)53-33-24-14-10-20-29(33)49-3/h5-25H,1-4H3,(H,43,44)(H,45,46). The van der Waals surface area contributed by atoms with Gasteiger partial charge in [-0.2, -0.15) is 0 Å². The van der Waals surface area contributed by atoms with Crippen molar-refractivity contribution in [2.45, 2.75) is 39.2 Å². The maximum absolute atomic E-state index is 14.8. The topological polar surface area (TPSA) is 103 Å². The second-order valence-corrected chi connectivity index (χ2v) is 15.4. The number of hydrogen-bond acceptors (Lipinski definition) is 10. The van der Waals surface area contributed by atoms with Gasteiger partial charge in [0.25, 0.3) is 5.91 Å². The number of carboxylic acids is 1. The summed E-state index contributed by atoms with van der Waals surface area (Å²) in [5.41, 5.74) is 0.331. The first kappa shape index (κ1) is 38.6. The number of carbonyl (C=O) groups is 2. The lowest BCUT2D eigenvalue weighted by Crippen LogP contribution is -2.20. The van der Waals surface area contributed by atoms with Crippen LogP contribution in [-0.4, -0.2) is 45.4 Å². The van der Waals surface area contributed by atoms with Crippen molar-refractivity contribution in [2.24, 2.45) is 0 Å². The molecule has 0 aliphatic rings. The highest BCUT2D eigenvalue weighted by atomic mass is 32.2. The Labute approximate surface area is 331 Å². The van der Waals surface area contributed by atoms with E-state index in [4.69, 9.17) is 18.9 Å². The number of aromatic carboxylic acids is 1. The van der Waals surface area contributed by atoms with Crippen molar-refractivity contribution in [1.29, 1.82) is 0 Å². The van der Waals surface area contributed by atoms with Crippen LogP contribution in [0.15, 0.2) is 167 Å². The summed E-state index contributed by atoms with van der Waals surface area (Å²) in [5.74, 6) is 0.463. The maximum Gasteiger partial charge on any atom is 0.337 e. The Morgan fingerprint density at radius 3 is 1.11 bits per heavy atom. The Bertz CT molecular complexity index is 2280. The van der Waals surface area contributed by atoms with Crippen molar-refractivity contribution in [3.8, 4) is 23.0 Å². The highest BCUT2D eigenvalue weighted by Crippen LogP contribution is 2.56. The number of amides is 1. The summed E-state index contributed by atoms with van der Waals surface area (Å²) in [7, 11) is 6.34. The first-order valence-electron chi connectivity index (χ1n) is 16.4. The van der Waals surface area contributed by atoms with E-state index in [0.717, 1.165) is 9.79 Å². The van der Waals surface area contributed by atoms with E-state index in [9.17, 15) is 14.7 Å². The van der Waals surface area contributed by atoms with E-state index >= 15 is 0 Å². The zero-order valence-corrected chi connectivity index (χ0v) is 32.9. The summed E-state index contributed by atoms with van der Waals surface area (Å²) in [4.78, 5) is 33.5. The van der Waals surface area contributed by atoms with E-state index in [1.165, 1.54) is 47.0 Å². The molecule has 0 bridgehead atoms. The van der Waals surface area contributed by atoms with Crippen LogP contribution in [0.3, 0.4) is 0 Å². The van der Waals surface area contributed by atoms with Crippen LogP contribution in [0.1, 0.15) is 20.7 Å². The molecule has 1 amide bonds. The van der Waals surface area contributed by atoms with Crippen molar-refractivity contribution < 1.29 is 33.6 Å². The SMILES string of the molecule is COc1ccccc1Sc1c(Sc2ccccc2OC)c(Sc2ccccc2OC)c(C(=O)Nc2ccccc2)c(C(=O)O)c1Sc1ccccc1OC. The molecule has 0 saturated heterocycles. The third-order valence-corrected chi connectivity index (χ3v) is 13.0. The number of anilines is 1. The minimum absolute atomic E-state index is 0.0126. The molecular formula is C42H35NO7S4. The molecule has 0 aliphatic heterocycles. The van der Waals surface area contributed by atoms with Gasteiger partial charge in [0.15, 0.2) is 0 Å². The predicted molar refractivity (Wildman–Crippen MR) is 216 cm³/mol. The van der Waals surface area contributed by atoms with Gasteiger partial charge in [0.1, 0.15) is 23.0 Å². The minimum Gasteiger partial charge on any atom is -0.496 e. The van der Waals surface area contributed by atoms with Crippen LogP contribution in [0.25, 0.3) is 0 Å². The third kappa shape index (κ3) is 8.63. The molecule has 12 heteroatoms. The Balaban J connectivity index is 1.77. The van der Waals surface area contributed by atoms with Gasteiger partial charge in [0, 0.05) is 25.3 Å². The summed E-state index contributed by atoms with van der Waals surface area (Å²) >= 11 is 5.23. The first-order chi connectivity index (χ1) is 26.4. The molecular weight excluding hydrogens is 759 g/mol. The molecule has 0 aliphatic carbocycles. The number of carboxylic acid groups (broad SMARTS) is 1. The van der Waals surface area contributed by atoms with Crippen molar-refractivity contribution in [3.05, 3.63) is 139 Å². The van der Waals surface area contributed by atoms with Crippen molar-refractivity contribution in [1.82, 2.24) is 0 Å². The van der Waals surface area contributed by atoms with Gasteiger partial charge in [-0.25, -0.2) is 4.79 Å². The van der Waals surface area contributed by atoms with E-state index in [-0.39, 0.29) is 11.1 Å². The lowest BCUT2D eigenvalue weighted by molar-refractivity contribution is 0.0687. The fourth-order valence-electron chi connectivity index (χ4n) is 5.43. The first-order valence-corrected chi connectivity index (χ1v) is 19.7. The van der Waals surface area contributed by atoms with Crippen LogP contribution in [-0.2, 0) is 0 Å². The van der Waals surface area contributed by atoms with E-state index in [1.54, 1.807) is 52.7 Å². The normalized spacial score (nSPS) is 10.7. The number of hydrogen-bond donors (Lipinski definition) is 2. The molecule has 0 fully saturated rings. The monoisotopic (exact) mass is 793 g/mol. The Morgan fingerprint density at radius 1 is 0.444 bits per heavy atom. The highest BCUT2D eigenvalue weighted by molar-refractivity contribution is 8.05. The van der Waals surface area contributed by atoms with E-state index in [2.05, 4.69) is 5.32 Å². The molecule has 0 radical (unpaired) electrons. The number of carbonyl (C=O) groups excluding carboxylic acids is 1. The minimum atomic E-state index is -1.27. The zero-order valence-electron chi connectivity index (χ0n) is 29.7. The molecule has 274 valence electrons. The van der Waals surface area contributed by atoms with Gasteiger partial charge in [0.2, 0.25) is 0 Å². The molecule has 6 rings (SSSR count). The summed E-state index contributed by atoms with van der Waals surface area (Å²) in [5, 5.41) is 14.3. The van der Waals surface area contributed by atoms with Gasteiger partial charge in [-0.05, 0) is 60.7 Å². The van der Waals surface area contributed by atoms with Gasteiger partial charge in [-0.1, -0.05) is 114 Å². The van der Waals surface area contributed by atoms with E-state index in [1.807, 2.05) is 103 Å². The van der Waals surface area contributed by atoms with E-state index in [0.29, 0.717) is 58.1 Å². The third-order valence-electron chi connectivity index (χ3n) is 7.92. The second-order valence-electron chi connectivity index (χ2n) is 11.2. The fraction of sp³-hybridized carbons (Fsp3) is 0.0952. The smallest absolute Gasteiger partial charge is 0.337 e. The molecule has 2 N–H and O–H groups in total. The van der Waals surface area contributed by atoms with Crippen LogP contribution in [0.4, 0.5) is 5.69 Å². The molecule has 6 aromatic carbocycles. The van der Waals surface area contributed by atoms with Gasteiger partial charge >= 0.3 is 5.97 Å². The quantitative estimate of drug-likeness (QED) is 0.104. The van der Waals surface area contributed by atoms with Crippen LogP contribution in [0.2, 0.25) is 0 Å². The van der Waals surface area contributed by atoms with Crippen molar-refractivity contribution in [2.75, 3.05) is 33.8 Å². The summed E-state index contributed by atoms with van der Waals surface area (Å²) in [6.07, 6.45) is 0. The number of ether oxygens (including phenoxy) is 4. The Kier molecular flexibility index (Phi) is 13.0. The lowest BCUT2D eigenvalue weighted by Gasteiger charge is -2.25. The number of benzene rings is 6. The average molecular weight is 794 g/mol. The predicted octanol–water partition coefficient (Wildman–Crippen LogP) is 11.3. The largest absolute Gasteiger partial charge is 0.496 e. The molecule has 0 unspecified atom stereocenters. The lowest BCUT2D eigenvalue weighted by atomic mass is 10.1. The van der Waals surface area contributed by atoms with Crippen molar-refractivity contribution in [3.63, 3.8) is 0 Å². The number of nitrogens with one attached hydrogen (secondary N) is 1. The molecule has 0 atom stereocenters. The number of methoxy groups -OCH3 is 4. The molecule has 0 spiro atoms. The maximum atomic E-state index is 14.8. The van der Waals surface area contributed by atoms with Crippen LogP contribution >= 0.6 is 47.0 Å². The number of rotatable bonds is 15. The Hall–Kier alpha value is -5.14. The summed E-state index contributed by atoms with van der Waals surface area (Å²) in [6, 6.07) is 38.9. The van der Waals surface area contributed by atoms with Crippen LogP contribution < -0.4 is 24.3 Å². The van der Waals surface area contributed by atoms with Gasteiger partial charge in [-0.3, -0.25) is 4.79 Å². The molecule has 6 aromatic rings. The van der Waals surface area contributed by atoms with Gasteiger partial charge < -0.3 is 29.4 Å². The van der Waals surface area contributed by atoms with Gasteiger partial charge in [-0.15, -0.1) is 0 Å². The fourth-order valence-corrected chi connectivity index (χ4v) is 10.5. The Morgan fingerprint density at radius 2 is 0.759 bits per heavy atom. The molecule has 0 heterocycles. The number of para-hydroxylation sites is 5. The average Bonchev–Trinajstić information content (AvgIpc) is 3.20. The summed E-state index contributed by atoms with van der Waals surface area (Å²) in [6.45, 7) is 0. The molecule has 0 aromatic heterocycles. The summed E-state index contributed by atoms with van der Waals surface area (Å²) < 4.78 is 23.1. The van der Waals surface area contributed by atoms with Crippen LogP contribution in [0, 0.1) is 0 Å². The van der Waals surface area contributed by atoms with Crippen LogP contribution in [0.5, 0.6) is 23.0 Å². The molecule has 54 heavy (non-hydrogen) atoms. The highest BCUT2D eigenvalue weighted by Gasteiger charge is 2.34. The zero-order chi connectivity index (χ0) is 38.0. The second kappa shape index (κ2) is 18.3. The van der Waals surface area contributed by atoms with Gasteiger partial charge in [0.05, 0.1) is 59.1 Å². The van der Waals surface area contributed by atoms with E-state index < -0.39 is 11.9 Å². The molecule has 0 saturated carbocycles.